The minimum Gasteiger partial charge on any atom is -0.469 e. The summed E-state index contributed by atoms with van der Waals surface area (Å²) in [6.07, 6.45) is -6.38. The van der Waals surface area contributed by atoms with Gasteiger partial charge >= 0.3 is 18.3 Å². The average molecular weight is 498 g/mol. The number of hydrogen-bond donors (Lipinski definition) is 0. The molecule has 9 heteroatoms. The van der Waals surface area contributed by atoms with Crippen LogP contribution in [0.15, 0.2) is 24.3 Å². The molecule has 1 aromatic rings. The van der Waals surface area contributed by atoms with Gasteiger partial charge in [0.15, 0.2) is 0 Å². The van der Waals surface area contributed by atoms with Crippen molar-refractivity contribution in [3.63, 3.8) is 0 Å². The standard InChI is InChI=1S/C20H25F6NO2.C5H12/c1-29-18(28)13-14-8-11-27(10-3-2-9-19(21,22)23)17(12-14)15-4-6-16(7-5-15)20(24,25)26;1-4-5(2)3/h4-7,14,17H,2-3,8-13H2,1H3;5H,4H2,1-3H3/t14-,17+;/m1./s1. The molecule has 0 N–H and O–H groups in total. The molecule has 1 saturated heterocycles. The number of esters is 1. The van der Waals surface area contributed by atoms with E-state index in [1.165, 1.54) is 25.7 Å². The highest BCUT2D eigenvalue weighted by atomic mass is 19.4. The Balaban J connectivity index is 0.00000104. The fraction of sp³-hybridized carbons (Fsp3) is 0.720. The van der Waals surface area contributed by atoms with Gasteiger partial charge in [-0.05, 0) is 68.3 Å². The molecule has 0 radical (unpaired) electrons. The summed E-state index contributed by atoms with van der Waals surface area (Å²) in [6.45, 7) is 7.64. The van der Waals surface area contributed by atoms with Gasteiger partial charge in [-0.1, -0.05) is 39.3 Å². The first-order chi connectivity index (χ1) is 15.8. The topological polar surface area (TPSA) is 29.5 Å². The lowest BCUT2D eigenvalue weighted by molar-refractivity contribution is -0.142. The van der Waals surface area contributed by atoms with E-state index in [0.29, 0.717) is 37.9 Å². The Labute approximate surface area is 198 Å². The van der Waals surface area contributed by atoms with E-state index in [9.17, 15) is 31.1 Å². The number of rotatable bonds is 8. The normalized spacial score (nSPS) is 19.5. The second-order valence-electron chi connectivity index (χ2n) is 9.22. The molecule has 196 valence electrons. The van der Waals surface area contributed by atoms with E-state index < -0.39 is 24.3 Å². The zero-order valence-electron chi connectivity index (χ0n) is 20.4. The third-order valence-electron chi connectivity index (χ3n) is 6.10. The Kier molecular flexibility index (Phi) is 12.4. The Bertz CT molecular complexity index is 716. The lowest BCUT2D eigenvalue weighted by Gasteiger charge is -2.40. The van der Waals surface area contributed by atoms with Crippen molar-refractivity contribution in [3.05, 3.63) is 35.4 Å². The van der Waals surface area contributed by atoms with Crippen LogP contribution in [0, 0.1) is 11.8 Å². The van der Waals surface area contributed by atoms with Gasteiger partial charge in [0.2, 0.25) is 0 Å². The molecule has 0 unspecified atom stereocenters. The van der Waals surface area contributed by atoms with Gasteiger partial charge in [0.1, 0.15) is 0 Å². The predicted molar refractivity (Wildman–Crippen MR) is 120 cm³/mol. The van der Waals surface area contributed by atoms with Gasteiger partial charge in [-0.15, -0.1) is 0 Å². The van der Waals surface area contributed by atoms with E-state index in [2.05, 4.69) is 20.8 Å². The molecule has 0 amide bonds. The van der Waals surface area contributed by atoms with Crippen LogP contribution in [-0.4, -0.2) is 37.2 Å². The maximum atomic E-state index is 12.8. The first-order valence-corrected chi connectivity index (χ1v) is 11.8. The molecule has 2 atom stereocenters. The van der Waals surface area contributed by atoms with Crippen LogP contribution in [0.1, 0.15) is 82.9 Å². The molecule has 1 aromatic carbocycles. The monoisotopic (exact) mass is 497 g/mol. The molecule has 0 bridgehead atoms. The molecule has 1 heterocycles. The van der Waals surface area contributed by atoms with Gasteiger partial charge in [0.25, 0.3) is 0 Å². The second-order valence-corrected chi connectivity index (χ2v) is 9.22. The first-order valence-electron chi connectivity index (χ1n) is 11.8. The maximum absolute atomic E-state index is 12.8. The fourth-order valence-corrected chi connectivity index (χ4v) is 3.74. The molecule has 2 rings (SSSR count). The smallest absolute Gasteiger partial charge is 0.416 e. The molecular formula is C25H37F6NO2. The van der Waals surface area contributed by atoms with E-state index in [1.54, 1.807) is 0 Å². The first kappa shape index (κ1) is 30.3. The number of hydrogen-bond acceptors (Lipinski definition) is 3. The highest BCUT2D eigenvalue weighted by Gasteiger charge is 2.33. The van der Waals surface area contributed by atoms with Crippen molar-refractivity contribution in [2.45, 2.75) is 84.1 Å². The third kappa shape index (κ3) is 11.6. The number of likely N-dealkylation sites (tertiary alicyclic amines) is 1. The van der Waals surface area contributed by atoms with Gasteiger partial charge in [-0.25, -0.2) is 0 Å². The van der Waals surface area contributed by atoms with Gasteiger partial charge in [-0.3, -0.25) is 9.69 Å². The molecule has 3 nitrogen and oxygen atoms in total. The van der Waals surface area contributed by atoms with Crippen LogP contribution in [0.3, 0.4) is 0 Å². The van der Waals surface area contributed by atoms with Crippen molar-refractivity contribution in [1.29, 1.82) is 0 Å². The summed E-state index contributed by atoms with van der Waals surface area (Å²) in [5, 5.41) is 0. The quantitative estimate of drug-likeness (QED) is 0.208. The molecular weight excluding hydrogens is 460 g/mol. The number of piperidine rings is 1. The molecule has 0 aromatic heterocycles. The average Bonchev–Trinajstić information content (AvgIpc) is 2.76. The molecule has 1 aliphatic rings. The number of nitrogens with zero attached hydrogens (tertiary/aromatic N) is 1. The van der Waals surface area contributed by atoms with Gasteiger partial charge in [0.05, 0.1) is 12.7 Å². The lowest BCUT2D eigenvalue weighted by Crippen LogP contribution is -2.38. The van der Waals surface area contributed by atoms with Crippen LogP contribution in [0.4, 0.5) is 26.3 Å². The van der Waals surface area contributed by atoms with Crippen LogP contribution in [-0.2, 0) is 15.7 Å². The van der Waals surface area contributed by atoms with E-state index in [4.69, 9.17) is 4.74 Å². The van der Waals surface area contributed by atoms with Crippen molar-refractivity contribution in [3.8, 4) is 0 Å². The summed E-state index contributed by atoms with van der Waals surface area (Å²) >= 11 is 0. The number of unbranched alkanes of at least 4 members (excludes halogenated alkanes) is 1. The van der Waals surface area contributed by atoms with Crippen molar-refractivity contribution in [2.24, 2.45) is 11.8 Å². The van der Waals surface area contributed by atoms with Crippen LogP contribution < -0.4 is 0 Å². The van der Waals surface area contributed by atoms with Crippen LogP contribution >= 0.6 is 0 Å². The summed E-state index contributed by atoms with van der Waals surface area (Å²) in [4.78, 5) is 13.6. The number of ether oxygens (including phenoxy) is 1. The molecule has 0 spiro atoms. The van der Waals surface area contributed by atoms with Crippen LogP contribution in [0.25, 0.3) is 0 Å². The Morgan fingerprint density at radius 3 is 2.15 bits per heavy atom. The zero-order valence-corrected chi connectivity index (χ0v) is 20.4. The highest BCUT2D eigenvalue weighted by Crippen LogP contribution is 2.38. The number of alkyl halides is 6. The summed E-state index contributed by atoms with van der Waals surface area (Å²) in [6, 6.07) is 4.61. The molecule has 0 saturated carbocycles. The summed E-state index contributed by atoms with van der Waals surface area (Å²) in [7, 11) is 1.30. The summed E-state index contributed by atoms with van der Waals surface area (Å²) in [5.41, 5.74) is -0.0803. The van der Waals surface area contributed by atoms with Crippen molar-refractivity contribution >= 4 is 5.97 Å². The molecule has 1 aliphatic heterocycles. The third-order valence-corrected chi connectivity index (χ3v) is 6.10. The minimum absolute atomic E-state index is 0.00528. The summed E-state index contributed by atoms with van der Waals surface area (Å²) in [5.74, 6) is 0.552. The van der Waals surface area contributed by atoms with Crippen LogP contribution in [0.5, 0.6) is 0 Å². The fourth-order valence-electron chi connectivity index (χ4n) is 3.74. The van der Waals surface area contributed by atoms with Gasteiger partial charge in [-0.2, -0.15) is 26.3 Å². The Hall–Kier alpha value is -1.77. The SMILES string of the molecule is CCC(C)C.COC(=O)C[C@@H]1CCN(CCCCC(F)(F)F)[C@H](c2ccc(C(F)(F)F)cc2)C1. The number of carbonyl (C=O) groups excluding carboxylic acids is 1. The zero-order chi connectivity index (χ0) is 25.9. The Morgan fingerprint density at radius 2 is 1.68 bits per heavy atom. The number of benzene rings is 1. The van der Waals surface area contributed by atoms with E-state index in [-0.39, 0.29) is 30.8 Å². The maximum Gasteiger partial charge on any atom is 0.416 e. The van der Waals surface area contributed by atoms with Gasteiger partial charge in [0, 0.05) is 18.9 Å². The molecule has 0 aliphatic carbocycles. The molecule has 1 fully saturated rings. The van der Waals surface area contributed by atoms with Crippen molar-refractivity contribution in [2.75, 3.05) is 20.2 Å². The van der Waals surface area contributed by atoms with Crippen molar-refractivity contribution < 1.29 is 35.9 Å². The summed E-state index contributed by atoms with van der Waals surface area (Å²) < 4.78 is 80.3. The minimum atomic E-state index is -4.43. The highest BCUT2D eigenvalue weighted by molar-refractivity contribution is 5.69. The number of carbonyl (C=O) groups is 1. The van der Waals surface area contributed by atoms with Crippen molar-refractivity contribution in [1.82, 2.24) is 4.90 Å². The lowest BCUT2D eigenvalue weighted by atomic mass is 9.85. The second kappa shape index (κ2) is 14.0. The largest absolute Gasteiger partial charge is 0.469 e. The molecule has 34 heavy (non-hydrogen) atoms. The van der Waals surface area contributed by atoms with E-state index in [1.807, 2.05) is 4.90 Å². The predicted octanol–water partition coefficient (Wildman–Crippen LogP) is 7.81. The number of halogens is 6. The van der Waals surface area contributed by atoms with Crippen LogP contribution in [0.2, 0.25) is 0 Å². The van der Waals surface area contributed by atoms with Gasteiger partial charge < -0.3 is 4.74 Å². The van der Waals surface area contributed by atoms with E-state index in [0.717, 1.165) is 18.1 Å². The Morgan fingerprint density at radius 1 is 1.09 bits per heavy atom. The van der Waals surface area contributed by atoms with E-state index >= 15 is 0 Å². The number of methoxy groups -OCH3 is 1.